The molecule has 0 saturated carbocycles. The number of ether oxygens (including phenoxy) is 4. The highest BCUT2D eigenvalue weighted by Gasteiger charge is 2.56. The highest BCUT2D eigenvalue weighted by atomic mass is 16.7. The van der Waals surface area contributed by atoms with Crippen LogP contribution >= 0.6 is 0 Å². The van der Waals surface area contributed by atoms with Gasteiger partial charge in [0.05, 0.1) is 44.1 Å². The molecule has 3 heterocycles. The maximum Gasteiger partial charge on any atom is 0.410 e. The van der Waals surface area contributed by atoms with E-state index in [9.17, 15) is 20.1 Å². The number of carbonyl (C=O) groups excluding carboxylic acids is 1. The van der Waals surface area contributed by atoms with Gasteiger partial charge < -0.3 is 34.3 Å². The van der Waals surface area contributed by atoms with E-state index in [0.717, 1.165) is 5.56 Å². The highest BCUT2D eigenvalue weighted by molar-refractivity contribution is 5.69. The van der Waals surface area contributed by atoms with E-state index in [4.69, 9.17) is 18.9 Å². The van der Waals surface area contributed by atoms with Crippen molar-refractivity contribution in [3.63, 3.8) is 0 Å². The molecule has 3 aliphatic rings. The van der Waals surface area contributed by atoms with Gasteiger partial charge in [-0.15, -0.1) is 0 Å². The second-order valence-electron chi connectivity index (χ2n) is 9.79. The molecule has 0 spiro atoms. The van der Waals surface area contributed by atoms with Gasteiger partial charge in [-0.25, -0.2) is 4.79 Å². The number of carbonyl (C=O) groups is 1. The molecule has 3 fully saturated rings. The number of β-amino-alcohol motifs (C(OH)–C–C–N with tert-alkyl or cyclic N) is 1. The zero-order valence-electron chi connectivity index (χ0n) is 18.7. The van der Waals surface area contributed by atoms with E-state index in [1.54, 1.807) is 20.8 Å². The Bertz CT molecular complexity index is 784. The Morgan fingerprint density at radius 3 is 2.66 bits per heavy atom. The first-order valence-electron chi connectivity index (χ1n) is 11.1. The first-order valence-corrected chi connectivity index (χ1v) is 11.1. The molecule has 2 bridgehead atoms. The van der Waals surface area contributed by atoms with Crippen LogP contribution in [0.1, 0.15) is 32.8 Å². The van der Waals surface area contributed by atoms with Gasteiger partial charge >= 0.3 is 6.09 Å². The molecule has 0 radical (unpaired) electrons. The molecule has 3 saturated heterocycles. The molecular formula is C23H33NO8. The summed E-state index contributed by atoms with van der Waals surface area (Å²) in [5, 5.41) is 32.6. The number of fused-ring (bicyclic) bond motifs is 2. The maximum atomic E-state index is 12.8. The topological polar surface area (TPSA) is 118 Å². The average Bonchev–Trinajstić information content (AvgIpc) is 3.34. The van der Waals surface area contributed by atoms with Gasteiger partial charge in [0.1, 0.15) is 17.8 Å². The number of hydrogen-bond donors (Lipinski definition) is 3. The molecular weight excluding hydrogens is 418 g/mol. The minimum atomic E-state index is -1.17. The van der Waals surface area contributed by atoms with Gasteiger partial charge in [-0.3, -0.25) is 4.90 Å². The van der Waals surface area contributed by atoms with E-state index in [0.29, 0.717) is 0 Å². The number of amides is 1. The Labute approximate surface area is 187 Å². The molecule has 1 aromatic rings. The monoisotopic (exact) mass is 451 g/mol. The van der Waals surface area contributed by atoms with Crippen LogP contribution in [-0.2, 0) is 25.6 Å². The van der Waals surface area contributed by atoms with Crippen LogP contribution in [0.3, 0.4) is 0 Å². The third-order valence-electron chi connectivity index (χ3n) is 6.18. The molecule has 1 aromatic carbocycles. The van der Waals surface area contributed by atoms with Crippen LogP contribution in [0.25, 0.3) is 0 Å². The van der Waals surface area contributed by atoms with E-state index in [1.165, 1.54) is 4.90 Å². The van der Waals surface area contributed by atoms with Crippen molar-refractivity contribution in [1.29, 1.82) is 0 Å². The molecule has 32 heavy (non-hydrogen) atoms. The van der Waals surface area contributed by atoms with Crippen LogP contribution < -0.4 is 0 Å². The molecule has 9 nitrogen and oxygen atoms in total. The minimum absolute atomic E-state index is 0.0504. The smallest absolute Gasteiger partial charge is 0.410 e. The third-order valence-corrected chi connectivity index (χ3v) is 6.18. The summed E-state index contributed by atoms with van der Waals surface area (Å²) in [6.07, 6.45) is -5.53. The van der Waals surface area contributed by atoms with Crippen molar-refractivity contribution in [2.24, 2.45) is 5.92 Å². The van der Waals surface area contributed by atoms with E-state index < -0.39 is 60.5 Å². The van der Waals surface area contributed by atoms with Crippen LogP contribution in [-0.4, -0.2) is 87.9 Å². The summed E-state index contributed by atoms with van der Waals surface area (Å²) in [4.78, 5) is 14.1. The lowest BCUT2D eigenvalue weighted by Gasteiger charge is -2.43. The van der Waals surface area contributed by atoms with Crippen molar-refractivity contribution in [2.75, 3.05) is 13.2 Å². The zero-order valence-corrected chi connectivity index (χ0v) is 18.7. The van der Waals surface area contributed by atoms with Gasteiger partial charge in [0.2, 0.25) is 0 Å². The molecule has 4 rings (SSSR count). The number of likely N-dealkylation sites (tertiary alicyclic amines) is 1. The van der Waals surface area contributed by atoms with Gasteiger partial charge in [0.25, 0.3) is 0 Å². The van der Waals surface area contributed by atoms with E-state index in [-0.39, 0.29) is 26.2 Å². The van der Waals surface area contributed by atoms with Gasteiger partial charge in [0.15, 0.2) is 6.29 Å². The second kappa shape index (κ2) is 9.24. The van der Waals surface area contributed by atoms with Crippen molar-refractivity contribution in [1.82, 2.24) is 4.90 Å². The van der Waals surface area contributed by atoms with Crippen molar-refractivity contribution in [3.8, 4) is 0 Å². The lowest BCUT2D eigenvalue weighted by molar-refractivity contribution is -0.247. The van der Waals surface area contributed by atoms with Gasteiger partial charge in [-0.1, -0.05) is 30.3 Å². The maximum absolute atomic E-state index is 12.8. The Morgan fingerprint density at radius 1 is 1.25 bits per heavy atom. The number of nitrogens with zero attached hydrogens (tertiary/aromatic N) is 1. The molecule has 3 aliphatic heterocycles. The predicted octanol–water partition coefficient (Wildman–Crippen LogP) is 1.04. The van der Waals surface area contributed by atoms with Crippen LogP contribution in [0.5, 0.6) is 0 Å². The summed E-state index contributed by atoms with van der Waals surface area (Å²) in [7, 11) is 0. The first kappa shape index (κ1) is 23.4. The number of aliphatic hydroxyl groups excluding tert-OH is 3. The molecule has 1 amide bonds. The van der Waals surface area contributed by atoms with Crippen molar-refractivity contribution < 1.29 is 39.1 Å². The van der Waals surface area contributed by atoms with E-state index in [1.807, 2.05) is 30.3 Å². The molecule has 0 aliphatic carbocycles. The zero-order chi connectivity index (χ0) is 23.0. The molecule has 3 N–H and O–H groups in total. The number of aliphatic hydroxyl groups is 3. The number of rotatable bonds is 5. The van der Waals surface area contributed by atoms with Crippen LogP contribution in [0.15, 0.2) is 30.3 Å². The van der Waals surface area contributed by atoms with Crippen molar-refractivity contribution >= 4 is 6.09 Å². The predicted molar refractivity (Wildman–Crippen MR) is 112 cm³/mol. The van der Waals surface area contributed by atoms with Gasteiger partial charge in [-0.2, -0.15) is 0 Å². The Kier molecular flexibility index (Phi) is 6.76. The summed E-state index contributed by atoms with van der Waals surface area (Å²) < 4.78 is 23.0. The summed E-state index contributed by atoms with van der Waals surface area (Å²) in [5.74, 6) is -0.773. The number of hydrogen-bond acceptors (Lipinski definition) is 8. The van der Waals surface area contributed by atoms with Crippen LogP contribution in [0.4, 0.5) is 4.79 Å². The SMILES string of the molecule is CC(C)(C)OC(=O)N1C[C@H](O)C[C@H]1[C@H](O)[C@H]1[C@H](O)[C@H]2CO[C@H](O2)[C@@H]1OCc1ccccc1. The molecule has 0 unspecified atom stereocenters. The third kappa shape index (κ3) is 4.93. The van der Waals surface area contributed by atoms with Crippen molar-refractivity contribution in [3.05, 3.63) is 35.9 Å². The fraction of sp³-hybridized carbons (Fsp3) is 0.696. The summed E-state index contributed by atoms with van der Waals surface area (Å²) >= 11 is 0. The summed E-state index contributed by atoms with van der Waals surface area (Å²) in [6.45, 7) is 5.77. The number of benzene rings is 1. The fourth-order valence-corrected chi connectivity index (χ4v) is 4.72. The Hall–Kier alpha value is -1.75. The molecule has 178 valence electrons. The second-order valence-corrected chi connectivity index (χ2v) is 9.79. The lowest BCUT2D eigenvalue weighted by atomic mass is 9.81. The fourth-order valence-electron chi connectivity index (χ4n) is 4.72. The Morgan fingerprint density at radius 2 is 1.97 bits per heavy atom. The van der Waals surface area contributed by atoms with Crippen molar-refractivity contribution in [2.45, 2.75) is 82.3 Å². The molecule has 0 aromatic heterocycles. The van der Waals surface area contributed by atoms with E-state index >= 15 is 0 Å². The van der Waals surface area contributed by atoms with E-state index in [2.05, 4.69) is 0 Å². The normalized spacial score (nSPS) is 35.7. The lowest BCUT2D eigenvalue weighted by Crippen LogP contribution is -2.59. The average molecular weight is 452 g/mol. The van der Waals surface area contributed by atoms with Crippen LogP contribution in [0.2, 0.25) is 0 Å². The van der Waals surface area contributed by atoms with Gasteiger partial charge in [0, 0.05) is 5.92 Å². The summed E-state index contributed by atoms with van der Waals surface area (Å²) in [5.41, 5.74) is 0.217. The van der Waals surface area contributed by atoms with Crippen LogP contribution in [0, 0.1) is 5.92 Å². The highest BCUT2D eigenvalue weighted by Crippen LogP contribution is 2.39. The minimum Gasteiger partial charge on any atom is -0.444 e. The first-order chi connectivity index (χ1) is 15.1. The summed E-state index contributed by atoms with van der Waals surface area (Å²) in [6, 6.07) is 8.81. The molecule has 8 atom stereocenters. The standard InChI is InChI=1S/C23H33NO8/c1-23(2,3)32-22(28)24-10-14(25)9-15(24)18(26)17-19(27)16-12-30-21(31-16)20(17)29-11-13-7-5-4-6-8-13/h4-8,14-21,25-27H,9-12H2,1-3H3/t14-,15+,16-,17+,18+,19-,20-,21-/m1/s1. The largest absolute Gasteiger partial charge is 0.444 e. The molecule has 9 heteroatoms. The quantitative estimate of drug-likeness (QED) is 0.608. The van der Waals surface area contributed by atoms with Gasteiger partial charge in [-0.05, 0) is 32.8 Å². The Balaban J connectivity index is 1.54.